The van der Waals surface area contributed by atoms with Crippen molar-refractivity contribution < 1.29 is 41.5 Å². The van der Waals surface area contributed by atoms with Crippen molar-refractivity contribution in [1.29, 1.82) is 0 Å². The van der Waals surface area contributed by atoms with E-state index in [1.807, 2.05) is 60.7 Å². The van der Waals surface area contributed by atoms with Crippen LogP contribution in [0.5, 0.6) is 11.5 Å². The summed E-state index contributed by atoms with van der Waals surface area (Å²) in [6, 6.07) is 14.7. The van der Waals surface area contributed by atoms with Crippen molar-refractivity contribution in [3.63, 3.8) is 0 Å². The Kier molecular flexibility index (Phi) is 9.97. The molecule has 2 aromatic heterocycles. The highest BCUT2D eigenvalue weighted by Gasteiger charge is 2.62. The zero-order chi connectivity index (χ0) is 39.2. The fourth-order valence-corrected chi connectivity index (χ4v) is 9.29. The predicted molar refractivity (Wildman–Crippen MR) is 207 cm³/mol. The van der Waals surface area contributed by atoms with Crippen LogP contribution in [-0.4, -0.2) is 84.6 Å². The molecule has 4 amide bonds. The number of amides is 4. The monoisotopic (exact) mass is 783 g/mol. The van der Waals surface area contributed by atoms with Gasteiger partial charge in [-0.25, -0.2) is 13.4 Å². The molecule has 14 nitrogen and oxygen atoms in total. The van der Waals surface area contributed by atoms with Gasteiger partial charge in [-0.3, -0.25) is 23.9 Å². The largest absolute Gasteiger partial charge is 0.497 e. The molecule has 56 heavy (non-hydrogen) atoms. The molecule has 0 spiro atoms. The van der Waals surface area contributed by atoms with Crippen LogP contribution in [0.1, 0.15) is 64.7 Å². The van der Waals surface area contributed by atoms with Gasteiger partial charge in [-0.05, 0) is 74.9 Å². The number of sulfonamides is 1. The number of carbonyl (C=O) groups is 4. The minimum Gasteiger partial charge on any atom is -0.497 e. The van der Waals surface area contributed by atoms with E-state index in [2.05, 4.69) is 15.4 Å². The standard InChI is InChI=1S/C41H45N5O9S/c1-24(47)42-31-12-7-5-3-4-6-10-26-22-41(26,40(50)45-56(51,52)29-18-19-29)44-38(48)33-20-28(23-46(33)39(31)49)54-35-21-32(25-14-16-27(53-2)17-15-25)43-36-30-11-8-9-13-34(30)55-37(35)36/h6,8-11,13-17,21,26,28-29,31,33H,3-5,7,12,18-20,22-23H2,1-2H3,(H,42,47)(H,44,48)(H,45,50)/b10-6-/t26-,28+,31-,33-,41+/m0/s1. The average molecular weight is 784 g/mol. The molecule has 2 aromatic carbocycles. The SMILES string of the molecule is COc1ccc(-c2cc(O[C@@H]3C[C@H]4C(=O)N[C@]5(C(=O)NS(=O)(=O)C6CC6)C[C@@H]5/C=C\CCCCC[C@H](NC(C)=O)C(=O)N4C3)c3oc4ccccc4c3n2)cc1. The highest BCUT2D eigenvalue weighted by Crippen LogP contribution is 2.46. The summed E-state index contributed by atoms with van der Waals surface area (Å²) >= 11 is 0. The van der Waals surface area contributed by atoms with E-state index in [0.717, 1.165) is 23.8 Å². The first-order valence-electron chi connectivity index (χ1n) is 19.2. The number of ether oxygens (including phenoxy) is 2. The van der Waals surface area contributed by atoms with Crippen LogP contribution in [0.3, 0.4) is 0 Å². The maximum absolute atomic E-state index is 14.4. The third-order valence-corrected chi connectivity index (χ3v) is 13.0. The molecule has 0 unspecified atom stereocenters. The van der Waals surface area contributed by atoms with Gasteiger partial charge in [0.1, 0.15) is 40.6 Å². The van der Waals surface area contributed by atoms with Gasteiger partial charge in [0.05, 0.1) is 24.6 Å². The maximum atomic E-state index is 14.4. The second kappa shape index (κ2) is 14.9. The molecule has 2 saturated carbocycles. The summed E-state index contributed by atoms with van der Waals surface area (Å²) in [6.45, 7) is 1.34. The van der Waals surface area contributed by atoms with E-state index < -0.39 is 62.6 Å². The van der Waals surface area contributed by atoms with E-state index in [4.69, 9.17) is 18.9 Å². The van der Waals surface area contributed by atoms with Crippen molar-refractivity contribution >= 4 is 55.7 Å². The van der Waals surface area contributed by atoms with Crippen LogP contribution in [0.25, 0.3) is 33.3 Å². The number of hydrogen-bond acceptors (Lipinski definition) is 10. The Morgan fingerprint density at radius 3 is 2.57 bits per heavy atom. The van der Waals surface area contributed by atoms with Crippen LogP contribution in [0, 0.1) is 5.92 Å². The van der Waals surface area contributed by atoms with E-state index in [-0.39, 0.29) is 25.3 Å². The lowest BCUT2D eigenvalue weighted by atomic mass is 10.0. The van der Waals surface area contributed by atoms with Crippen molar-refractivity contribution in [1.82, 2.24) is 25.2 Å². The Morgan fingerprint density at radius 2 is 1.82 bits per heavy atom. The van der Waals surface area contributed by atoms with Crippen LogP contribution in [0.2, 0.25) is 0 Å². The van der Waals surface area contributed by atoms with Gasteiger partial charge in [-0.15, -0.1) is 0 Å². The second-order valence-corrected chi connectivity index (χ2v) is 17.2. The van der Waals surface area contributed by atoms with Crippen LogP contribution in [0.15, 0.2) is 71.2 Å². The van der Waals surface area contributed by atoms with E-state index in [1.54, 1.807) is 13.2 Å². The summed E-state index contributed by atoms with van der Waals surface area (Å²) < 4.78 is 46.3. The number of para-hydroxylation sites is 1. The third-order valence-electron chi connectivity index (χ3n) is 11.2. The van der Waals surface area contributed by atoms with Crippen molar-refractivity contribution in [2.45, 2.75) is 93.7 Å². The molecule has 5 atom stereocenters. The van der Waals surface area contributed by atoms with Crippen LogP contribution >= 0.6 is 0 Å². The zero-order valence-corrected chi connectivity index (χ0v) is 32.1. The summed E-state index contributed by atoms with van der Waals surface area (Å²) in [6.07, 6.45) is 7.67. The summed E-state index contributed by atoms with van der Waals surface area (Å²) in [7, 11) is -2.30. The highest BCUT2D eigenvalue weighted by atomic mass is 32.2. The molecule has 0 bridgehead atoms. The van der Waals surface area contributed by atoms with Crippen molar-refractivity contribution in [3.05, 3.63) is 66.7 Å². The lowest BCUT2D eigenvalue weighted by molar-refractivity contribution is -0.142. The first kappa shape index (κ1) is 37.5. The van der Waals surface area contributed by atoms with Crippen molar-refractivity contribution in [2.24, 2.45) is 5.92 Å². The number of pyridine rings is 1. The number of methoxy groups -OCH3 is 1. The van der Waals surface area contributed by atoms with Gasteiger partial charge in [0.25, 0.3) is 5.91 Å². The summed E-state index contributed by atoms with van der Waals surface area (Å²) in [5, 5.41) is 5.85. The number of carbonyl (C=O) groups excluding carboxylic acids is 4. The molecule has 4 aromatic rings. The molecule has 2 aliphatic heterocycles. The third kappa shape index (κ3) is 7.43. The molecule has 3 fully saturated rings. The van der Waals surface area contributed by atoms with Crippen molar-refractivity contribution in [3.8, 4) is 22.8 Å². The molecular formula is C41H45N5O9S. The van der Waals surface area contributed by atoms with Gasteiger partial charge in [-0.1, -0.05) is 37.1 Å². The fraction of sp³-hybridized carbons (Fsp3) is 0.439. The summed E-state index contributed by atoms with van der Waals surface area (Å²) in [5.41, 5.74) is 1.50. The topological polar surface area (TPSA) is 186 Å². The average Bonchev–Trinajstić information content (AvgIpc) is 4.08. The van der Waals surface area contributed by atoms with Gasteiger partial charge < -0.3 is 29.4 Å². The second-order valence-electron chi connectivity index (χ2n) is 15.3. The molecule has 15 heteroatoms. The lowest BCUT2D eigenvalue weighted by Gasteiger charge is -2.29. The number of benzene rings is 2. The maximum Gasteiger partial charge on any atom is 0.259 e. The first-order chi connectivity index (χ1) is 27.0. The van der Waals surface area contributed by atoms with Crippen LogP contribution in [0.4, 0.5) is 0 Å². The summed E-state index contributed by atoms with van der Waals surface area (Å²) in [4.78, 5) is 61.3. The molecular weight excluding hydrogens is 739 g/mol. The molecule has 1 saturated heterocycles. The fourth-order valence-electron chi connectivity index (χ4n) is 7.92. The Morgan fingerprint density at radius 1 is 1.04 bits per heavy atom. The van der Waals surface area contributed by atoms with Gasteiger partial charge in [0.15, 0.2) is 11.3 Å². The van der Waals surface area contributed by atoms with Crippen LogP contribution in [-0.2, 0) is 29.2 Å². The number of nitrogens with one attached hydrogen (secondary N) is 3. The van der Waals surface area contributed by atoms with Crippen molar-refractivity contribution in [2.75, 3.05) is 13.7 Å². The quantitative estimate of drug-likeness (QED) is 0.215. The van der Waals surface area contributed by atoms with E-state index in [1.165, 1.54) is 11.8 Å². The predicted octanol–water partition coefficient (Wildman–Crippen LogP) is 4.51. The van der Waals surface area contributed by atoms with Gasteiger partial charge in [0, 0.05) is 36.3 Å². The normalized spacial score (nSPS) is 26.3. The molecule has 4 aliphatic rings. The molecule has 2 aliphatic carbocycles. The molecule has 4 heterocycles. The zero-order valence-electron chi connectivity index (χ0n) is 31.3. The minimum absolute atomic E-state index is 0.00644. The Balaban J connectivity index is 1.14. The molecule has 0 radical (unpaired) electrons. The van der Waals surface area contributed by atoms with E-state index >= 15 is 0 Å². The number of fused-ring (bicyclic) bond motifs is 5. The Labute approximate surface area is 324 Å². The van der Waals surface area contributed by atoms with Gasteiger partial charge in [0.2, 0.25) is 27.7 Å². The number of furan rings is 1. The van der Waals surface area contributed by atoms with Gasteiger partial charge >= 0.3 is 0 Å². The molecule has 3 N–H and O–H groups in total. The minimum atomic E-state index is -3.89. The number of hydrogen-bond donors (Lipinski definition) is 3. The first-order valence-corrected chi connectivity index (χ1v) is 20.8. The van der Waals surface area contributed by atoms with E-state index in [0.29, 0.717) is 66.0 Å². The Hall–Kier alpha value is -5.44. The Bertz CT molecular complexity index is 2340. The lowest BCUT2D eigenvalue weighted by Crippen LogP contribution is -2.58. The highest BCUT2D eigenvalue weighted by molar-refractivity contribution is 7.91. The molecule has 294 valence electrons. The number of rotatable bonds is 8. The molecule has 8 rings (SSSR count). The number of nitrogens with zero attached hydrogens (tertiary/aromatic N) is 2. The van der Waals surface area contributed by atoms with E-state index in [9.17, 15) is 27.6 Å². The number of aromatic nitrogens is 1. The summed E-state index contributed by atoms with van der Waals surface area (Å²) in [5.74, 6) is -1.59. The number of allylic oxidation sites excluding steroid dienone is 1. The smallest absolute Gasteiger partial charge is 0.259 e. The van der Waals surface area contributed by atoms with Crippen LogP contribution < -0.4 is 24.8 Å². The van der Waals surface area contributed by atoms with Gasteiger partial charge in [-0.2, -0.15) is 0 Å².